The summed E-state index contributed by atoms with van der Waals surface area (Å²) in [7, 11) is 1.66. The minimum atomic E-state index is 0.119. The Bertz CT molecular complexity index is 466. The lowest BCUT2D eigenvalue weighted by atomic mass is 10.2. The summed E-state index contributed by atoms with van der Waals surface area (Å²) in [6.07, 6.45) is 0.667. The molecule has 0 bridgehead atoms. The van der Waals surface area contributed by atoms with Crippen molar-refractivity contribution in [2.75, 3.05) is 25.6 Å². The molecule has 1 aromatic carbocycles. The van der Waals surface area contributed by atoms with Gasteiger partial charge in [-0.2, -0.15) is 4.37 Å². The zero-order valence-electron chi connectivity index (χ0n) is 9.72. The quantitative estimate of drug-likeness (QED) is 0.826. The number of aromatic nitrogens is 1. The van der Waals surface area contributed by atoms with Crippen LogP contribution in [0.25, 0.3) is 10.9 Å². The van der Waals surface area contributed by atoms with Gasteiger partial charge in [-0.1, -0.05) is 12.1 Å². The fourth-order valence-electron chi connectivity index (χ4n) is 1.73. The van der Waals surface area contributed by atoms with Crippen LogP contribution in [0.15, 0.2) is 24.3 Å². The highest BCUT2D eigenvalue weighted by molar-refractivity contribution is 7.11. The second-order valence-electron chi connectivity index (χ2n) is 3.84. The minimum Gasteiger partial charge on any atom is -0.396 e. The first kappa shape index (κ1) is 12.3. The number of benzene rings is 1. The van der Waals surface area contributed by atoms with Crippen LogP contribution in [0.5, 0.6) is 0 Å². The van der Waals surface area contributed by atoms with E-state index in [2.05, 4.69) is 9.69 Å². The lowest BCUT2D eigenvalue weighted by Crippen LogP contribution is -2.25. The third kappa shape index (κ3) is 2.94. The Labute approximate surface area is 104 Å². The van der Waals surface area contributed by atoms with Gasteiger partial charge in [0.2, 0.25) is 0 Å². The highest BCUT2D eigenvalue weighted by Gasteiger charge is 2.11. The largest absolute Gasteiger partial charge is 0.396 e. The van der Waals surface area contributed by atoms with Gasteiger partial charge in [0.05, 0.1) is 18.2 Å². The molecular weight excluding hydrogens is 236 g/mol. The highest BCUT2D eigenvalue weighted by Crippen LogP contribution is 2.28. The first-order valence-electron chi connectivity index (χ1n) is 5.56. The number of nitrogens with one attached hydrogen (secondary N) is 1. The number of hydrogen-bond donors (Lipinski definition) is 2. The molecule has 0 amide bonds. The Balaban J connectivity index is 2.15. The first-order valence-corrected chi connectivity index (χ1v) is 6.33. The summed E-state index contributed by atoms with van der Waals surface area (Å²) >= 11 is 1.44. The van der Waals surface area contributed by atoms with Crippen molar-refractivity contribution >= 4 is 27.4 Å². The van der Waals surface area contributed by atoms with Crippen molar-refractivity contribution in [1.82, 2.24) is 4.37 Å². The van der Waals surface area contributed by atoms with Crippen LogP contribution in [0, 0.1) is 0 Å². The number of aliphatic hydroxyl groups is 1. The Morgan fingerprint density at radius 1 is 1.47 bits per heavy atom. The number of ether oxygens (including phenoxy) is 1. The maximum Gasteiger partial charge on any atom is 0.117 e. The summed E-state index contributed by atoms with van der Waals surface area (Å²) in [5.74, 6) is 0. The van der Waals surface area contributed by atoms with Crippen LogP contribution in [0.4, 0.5) is 5.00 Å². The first-order chi connectivity index (χ1) is 8.35. The van der Waals surface area contributed by atoms with Crippen molar-refractivity contribution in [2.24, 2.45) is 0 Å². The molecule has 0 aliphatic rings. The van der Waals surface area contributed by atoms with Crippen LogP contribution >= 0.6 is 11.5 Å². The van der Waals surface area contributed by atoms with Crippen LogP contribution in [0.1, 0.15) is 6.42 Å². The van der Waals surface area contributed by atoms with Gasteiger partial charge in [-0.25, -0.2) is 0 Å². The van der Waals surface area contributed by atoms with Gasteiger partial charge in [-0.3, -0.25) is 0 Å². The molecule has 1 heterocycles. The normalized spacial score (nSPS) is 12.8. The van der Waals surface area contributed by atoms with E-state index in [0.717, 1.165) is 15.9 Å². The van der Waals surface area contributed by atoms with Crippen molar-refractivity contribution in [3.63, 3.8) is 0 Å². The fraction of sp³-hybridized carbons (Fsp3) is 0.417. The van der Waals surface area contributed by atoms with Crippen molar-refractivity contribution in [2.45, 2.75) is 12.5 Å². The number of rotatable bonds is 6. The second kappa shape index (κ2) is 5.95. The van der Waals surface area contributed by atoms with E-state index in [9.17, 15) is 0 Å². The number of hydrogen-bond acceptors (Lipinski definition) is 5. The predicted molar refractivity (Wildman–Crippen MR) is 70.6 cm³/mol. The zero-order valence-corrected chi connectivity index (χ0v) is 10.5. The van der Waals surface area contributed by atoms with Gasteiger partial charge in [0.25, 0.3) is 0 Å². The summed E-state index contributed by atoms with van der Waals surface area (Å²) in [4.78, 5) is 0. The summed E-state index contributed by atoms with van der Waals surface area (Å²) in [5.41, 5.74) is 1.00. The average Bonchev–Trinajstić information content (AvgIpc) is 2.74. The summed E-state index contributed by atoms with van der Waals surface area (Å²) < 4.78 is 9.50. The molecule has 2 rings (SSSR count). The Morgan fingerprint density at radius 2 is 2.29 bits per heavy atom. The molecule has 0 radical (unpaired) electrons. The molecule has 92 valence electrons. The number of nitrogens with zero attached hydrogens (tertiary/aromatic N) is 1. The topological polar surface area (TPSA) is 54.4 Å². The molecule has 2 aromatic rings. The maximum atomic E-state index is 9.00. The van der Waals surface area contributed by atoms with Gasteiger partial charge in [0, 0.05) is 19.1 Å². The van der Waals surface area contributed by atoms with Crippen molar-refractivity contribution in [1.29, 1.82) is 0 Å². The third-order valence-electron chi connectivity index (χ3n) is 2.56. The van der Waals surface area contributed by atoms with Gasteiger partial charge < -0.3 is 15.2 Å². The molecule has 17 heavy (non-hydrogen) atoms. The summed E-state index contributed by atoms with van der Waals surface area (Å²) in [5, 5.41) is 14.5. The molecule has 0 fully saturated rings. The van der Waals surface area contributed by atoms with Gasteiger partial charge in [0.15, 0.2) is 0 Å². The van der Waals surface area contributed by atoms with E-state index in [4.69, 9.17) is 9.84 Å². The van der Waals surface area contributed by atoms with E-state index < -0.39 is 0 Å². The monoisotopic (exact) mass is 252 g/mol. The van der Waals surface area contributed by atoms with Gasteiger partial charge >= 0.3 is 0 Å². The van der Waals surface area contributed by atoms with Gasteiger partial charge in [0.1, 0.15) is 5.00 Å². The molecule has 2 N–H and O–H groups in total. The second-order valence-corrected chi connectivity index (χ2v) is 4.61. The van der Waals surface area contributed by atoms with Gasteiger partial charge in [-0.15, -0.1) is 0 Å². The van der Waals surface area contributed by atoms with Crippen LogP contribution in [-0.2, 0) is 4.74 Å². The van der Waals surface area contributed by atoms with E-state index in [1.54, 1.807) is 7.11 Å². The van der Waals surface area contributed by atoms with E-state index >= 15 is 0 Å². The van der Waals surface area contributed by atoms with Crippen LogP contribution in [0.3, 0.4) is 0 Å². The Kier molecular flexibility index (Phi) is 4.30. The molecule has 0 spiro atoms. The number of aliphatic hydroxyl groups excluding tert-OH is 1. The lowest BCUT2D eigenvalue weighted by molar-refractivity contribution is 0.170. The van der Waals surface area contributed by atoms with E-state index in [1.807, 2.05) is 24.3 Å². The number of fused-ring (bicyclic) bond motifs is 1. The zero-order chi connectivity index (χ0) is 12.1. The Hall–Kier alpha value is -1.17. The molecule has 1 aromatic heterocycles. The molecule has 0 saturated carbocycles. The molecule has 0 saturated heterocycles. The Morgan fingerprint density at radius 3 is 3.06 bits per heavy atom. The van der Waals surface area contributed by atoms with E-state index in [0.29, 0.717) is 13.0 Å². The maximum absolute atomic E-state index is 9.00. The number of anilines is 1. The lowest BCUT2D eigenvalue weighted by Gasteiger charge is -2.16. The van der Waals surface area contributed by atoms with Crippen LogP contribution < -0.4 is 5.32 Å². The summed E-state index contributed by atoms with van der Waals surface area (Å²) in [6, 6.07) is 8.14. The molecule has 0 aliphatic carbocycles. The molecule has 1 atom stereocenters. The van der Waals surface area contributed by atoms with Crippen LogP contribution in [-0.4, -0.2) is 35.8 Å². The van der Waals surface area contributed by atoms with Crippen molar-refractivity contribution in [3.05, 3.63) is 24.3 Å². The van der Waals surface area contributed by atoms with E-state index in [1.165, 1.54) is 11.5 Å². The smallest absolute Gasteiger partial charge is 0.117 e. The molecule has 4 nitrogen and oxygen atoms in total. The molecule has 0 aliphatic heterocycles. The van der Waals surface area contributed by atoms with Crippen LogP contribution in [0.2, 0.25) is 0 Å². The molecule has 5 heteroatoms. The molecular formula is C12H16N2O2S. The van der Waals surface area contributed by atoms with Crippen molar-refractivity contribution < 1.29 is 9.84 Å². The van der Waals surface area contributed by atoms with E-state index in [-0.39, 0.29) is 12.6 Å². The van der Waals surface area contributed by atoms with Crippen molar-refractivity contribution in [3.8, 4) is 0 Å². The minimum absolute atomic E-state index is 0.119. The number of methoxy groups -OCH3 is 1. The standard InChI is InChI=1S/C12H16N2O2S/c1-16-8-9(6-7-15)13-12-10-4-2-3-5-11(10)14-17-12/h2-5,9,13,15H,6-8H2,1H3. The highest BCUT2D eigenvalue weighted by atomic mass is 32.1. The SMILES string of the molecule is COCC(CCO)Nc1snc2ccccc12. The molecule has 1 unspecified atom stereocenters. The third-order valence-corrected chi connectivity index (χ3v) is 3.37. The fourth-order valence-corrected chi connectivity index (χ4v) is 2.57. The average molecular weight is 252 g/mol. The summed E-state index contributed by atoms with van der Waals surface area (Å²) in [6.45, 7) is 0.727. The predicted octanol–water partition coefficient (Wildman–Crippen LogP) is 2.11. The van der Waals surface area contributed by atoms with Gasteiger partial charge in [-0.05, 0) is 30.1 Å².